The standard InChI is InChI=1S/C16H11ClF3N2O5PS.Na.H/c1-7-4-9(17)6-10(13(7)27-28(24,25)26)14(23)22-15-21-11-3-2-8(16(18,19)20)5-12(11)29-15;;/h2-6H,1H3,(H,21,22,23)(H2,24,25,26);;/q;+1;-1. The molecule has 0 unspecified atom stereocenters. The van der Waals surface area contributed by atoms with Gasteiger partial charge in [-0.2, -0.15) is 13.2 Å². The molecule has 0 aliphatic carbocycles. The Labute approximate surface area is 200 Å². The van der Waals surface area contributed by atoms with Crippen LogP contribution >= 0.6 is 30.8 Å². The molecule has 30 heavy (non-hydrogen) atoms. The molecular weight excluding hydrogens is 479 g/mol. The number of fused-ring (bicyclic) bond motifs is 1. The largest absolute Gasteiger partial charge is 1.00 e. The zero-order chi connectivity index (χ0) is 21.6. The number of thiazole rings is 1. The Balaban J connectivity index is 0.00000240. The summed E-state index contributed by atoms with van der Waals surface area (Å²) in [5.41, 5.74) is -0.680. The number of aryl methyl sites for hydroxylation is 1. The number of alkyl halides is 3. The van der Waals surface area contributed by atoms with E-state index < -0.39 is 25.5 Å². The fraction of sp³-hybridized carbons (Fsp3) is 0.125. The minimum Gasteiger partial charge on any atom is -1.00 e. The van der Waals surface area contributed by atoms with Crippen molar-refractivity contribution in [1.82, 2.24) is 4.98 Å². The van der Waals surface area contributed by atoms with Crippen molar-refractivity contribution in [3.8, 4) is 5.75 Å². The van der Waals surface area contributed by atoms with E-state index in [1.807, 2.05) is 0 Å². The van der Waals surface area contributed by atoms with Crippen molar-refractivity contribution >= 4 is 52.0 Å². The van der Waals surface area contributed by atoms with Crippen LogP contribution in [-0.4, -0.2) is 20.7 Å². The van der Waals surface area contributed by atoms with Crippen molar-refractivity contribution in [2.45, 2.75) is 13.1 Å². The Kier molecular flexibility index (Phi) is 7.64. The summed E-state index contributed by atoms with van der Waals surface area (Å²) in [6.45, 7) is 1.43. The number of phosphoric ester groups is 1. The van der Waals surface area contributed by atoms with E-state index >= 15 is 0 Å². The second-order valence-corrected chi connectivity index (χ2v) is 8.47. The van der Waals surface area contributed by atoms with Gasteiger partial charge in [-0.3, -0.25) is 19.9 Å². The number of anilines is 1. The van der Waals surface area contributed by atoms with Crippen LogP contribution < -0.4 is 39.4 Å². The first-order chi connectivity index (χ1) is 13.3. The van der Waals surface area contributed by atoms with Gasteiger partial charge in [0.25, 0.3) is 5.91 Å². The summed E-state index contributed by atoms with van der Waals surface area (Å²) in [4.78, 5) is 34.8. The molecule has 0 spiro atoms. The van der Waals surface area contributed by atoms with Crippen molar-refractivity contribution in [2.75, 3.05) is 5.32 Å². The Morgan fingerprint density at radius 1 is 1.30 bits per heavy atom. The number of benzene rings is 2. The Bertz CT molecular complexity index is 1170. The van der Waals surface area contributed by atoms with Crippen LogP contribution in [0.15, 0.2) is 30.3 Å². The molecule has 0 saturated carbocycles. The van der Waals surface area contributed by atoms with Gasteiger partial charge in [0.15, 0.2) is 5.13 Å². The number of nitrogens with one attached hydrogen (secondary N) is 1. The van der Waals surface area contributed by atoms with Crippen molar-refractivity contribution in [2.24, 2.45) is 0 Å². The van der Waals surface area contributed by atoms with Crippen LogP contribution in [0.3, 0.4) is 0 Å². The van der Waals surface area contributed by atoms with E-state index in [0.29, 0.717) is 0 Å². The molecule has 7 nitrogen and oxygen atoms in total. The molecule has 3 N–H and O–H groups in total. The van der Waals surface area contributed by atoms with Gasteiger partial charge in [-0.25, -0.2) is 9.55 Å². The number of hydrogen-bond acceptors (Lipinski definition) is 5. The molecule has 1 heterocycles. The molecule has 1 amide bonds. The molecule has 0 fully saturated rings. The van der Waals surface area contributed by atoms with E-state index in [1.165, 1.54) is 19.1 Å². The van der Waals surface area contributed by atoms with Crippen LogP contribution in [0.4, 0.5) is 18.3 Å². The van der Waals surface area contributed by atoms with Crippen LogP contribution in [0.5, 0.6) is 5.75 Å². The molecular formula is C16H12ClF3N2NaO5PS. The SMILES string of the molecule is Cc1cc(Cl)cc(C(=O)Nc2nc3ccc(C(F)(F)F)cc3s2)c1OP(=O)(O)O.[H-].[Na+]. The number of rotatable bonds is 4. The van der Waals surface area contributed by atoms with Gasteiger partial charge in [0.05, 0.1) is 21.3 Å². The third-order valence-corrected chi connectivity index (χ3v) is 5.20. The maximum Gasteiger partial charge on any atom is 1.00 e. The van der Waals surface area contributed by atoms with E-state index in [-0.39, 0.29) is 68.2 Å². The average Bonchev–Trinajstić information content (AvgIpc) is 2.96. The quantitative estimate of drug-likeness (QED) is 0.382. The molecule has 156 valence electrons. The molecule has 3 rings (SSSR count). The minimum atomic E-state index is -4.97. The fourth-order valence-corrected chi connectivity index (χ4v) is 4.11. The first-order valence-corrected chi connectivity index (χ1v) is 10.4. The van der Waals surface area contributed by atoms with Crippen LogP contribution in [0.25, 0.3) is 10.2 Å². The average molecular weight is 491 g/mol. The predicted octanol–water partition coefficient (Wildman–Crippen LogP) is 2.12. The molecule has 2 aromatic carbocycles. The summed E-state index contributed by atoms with van der Waals surface area (Å²) < 4.78 is 54.5. The predicted molar refractivity (Wildman–Crippen MR) is 103 cm³/mol. The Hall–Kier alpha value is -1.17. The molecule has 14 heteroatoms. The Morgan fingerprint density at radius 2 is 1.97 bits per heavy atom. The zero-order valence-corrected chi connectivity index (χ0v) is 19.8. The third kappa shape index (κ3) is 5.95. The smallest absolute Gasteiger partial charge is 1.00 e. The van der Waals surface area contributed by atoms with E-state index in [4.69, 9.17) is 21.4 Å². The number of carbonyl (C=O) groups is 1. The van der Waals surface area contributed by atoms with E-state index in [0.717, 1.165) is 29.5 Å². The number of nitrogens with zero attached hydrogens (tertiary/aromatic N) is 1. The van der Waals surface area contributed by atoms with Crippen LogP contribution in [0, 0.1) is 6.92 Å². The van der Waals surface area contributed by atoms with Crippen molar-refractivity contribution in [1.29, 1.82) is 0 Å². The topological polar surface area (TPSA) is 109 Å². The normalized spacial score (nSPS) is 11.8. The number of amides is 1. The van der Waals surface area contributed by atoms with E-state index in [1.54, 1.807) is 0 Å². The molecule has 0 aliphatic rings. The van der Waals surface area contributed by atoms with Crippen LogP contribution in [-0.2, 0) is 10.7 Å². The number of halogens is 4. The van der Waals surface area contributed by atoms with Gasteiger partial charge in [0.2, 0.25) is 0 Å². The maximum atomic E-state index is 12.8. The molecule has 3 aromatic rings. The van der Waals surface area contributed by atoms with Gasteiger partial charge in [0.1, 0.15) is 5.75 Å². The first kappa shape index (κ1) is 25.1. The number of phosphoric acid groups is 1. The van der Waals surface area contributed by atoms with Gasteiger partial charge >= 0.3 is 43.6 Å². The van der Waals surface area contributed by atoms with Gasteiger partial charge in [0, 0.05) is 5.02 Å². The first-order valence-electron chi connectivity index (χ1n) is 7.68. The van der Waals surface area contributed by atoms with Gasteiger partial charge in [-0.05, 0) is 42.8 Å². The summed E-state index contributed by atoms with van der Waals surface area (Å²) in [6, 6.07) is 5.45. The summed E-state index contributed by atoms with van der Waals surface area (Å²) in [7, 11) is -4.97. The fourth-order valence-electron chi connectivity index (χ4n) is 2.46. The van der Waals surface area contributed by atoms with Crippen molar-refractivity contribution in [3.63, 3.8) is 0 Å². The second-order valence-electron chi connectivity index (χ2n) is 5.83. The summed E-state index contributed by atoms with van der Waals surface area (Å²) in [6.07, 6.45) is -4.52. The van der Waals surface area contributed by atoms with Crippen molar-refractivity contribution in [3.05, 3.63) is 52.0 Å². The van der Waals surface area contributed by atoms with E-state index in [9.17, 15) is 22.5 Å². The minimum absolute atomic E-state index is 0. The summed E-state index contributed by atoms with van der Waals surface area (Å²) in [5.74, 6) is -1.23. The van der Waals surface area contributed by atoms with Gasteiger partial charge < -0.3 is 5.95 Å². The zero-order valence-electron chi connectivity index (χ0n) is 16.3. The van der Waals surface area contributed by atoms with Gasteiger partial charge in [-0.15, -0.1) is 0 Å². The molecule has 1 aromatic heterocycles. The number of aromatic nitrogens is 1. The third-order valence-electron chi connectivity index (χ3n) is 3.63. The Morgan fingerprint density at radius 3 is 2.57 bits per heavy atom. The number of carbonyl (C=O) groups excluding carboxylic acids is 1. The summed E-state index contributed by atoms with van der Waals surface area (Å²) >= 11 is 6.72. The summed E-state index contributed by atoms with van der Waals surface area (Å²) in [5, 5.41) is 2.49. The molecule has 0 bridgehead atoms. The molecule has 0 atom stereocenters. The van der Waals surface area contributed by atoms with Crippen molar-refractivity contribution < 1.29 is 67.8 Å². The van der Waals surface area contributed by atoms with Crippen LogP contribution in [0.1, 0.15) is 22.9 Å². The number of hydrogen-bond donors (Lipinski definition) is 3. The maximum absolute atomic E-state index is 12.8. The molecule has 0 aliphatic heterocycles. The van der Waals surface area contributed by atoms with E-state index in [2.05, 4.69) is 14.8 Å². The molecule has 0 radical (unpaired) electrons. The van der Waals surface area contributed by atoms with Gasteiger partial charge in [-0.1, -0.05) is 22.9 Å². The molecule has 0 saturated heterocycles. The van der Waals surface area contributed by atoms with Crippen LogP contribution in [0.2, 0.25) is 5.02 Å². The second kappa shape index (κ2) is 9.13. The monoisotopic (exact) mass is 490 g/mol.